The van der Waals surface area contributed by atoms with Gasteiger partial charge in [-0.3, -0.25) is 9.59 Å². The molecule has 0 unspecified atom stereocenters. The van der Waals surface area contributed by atoms with Crippen LogP contribution in [0, 0.1) is 0 Å². The first-order valence-electron chi connectivity index (χ1n) is 6.03. The number of benzene rings is 1. The molecule has 0 N–H and O–H groups in total. The van der Waals surface area contributed by atoms with Crippen LogP contribution in [0.3, 0.4) is 0 Å². The van der Waals surface area contributed by atoms with Crippen molar-refractivity contribution in [2.24, 2.45) is 0 Å². The number of carbonyl (C=O) groups excluding carboxylic acids is 2. The Labute approximate surface area is 117 Å². The van der Waals surface area contributed by atoms with Gasteiger partial charge in [0.1, 0.15) is 5.25 Å². The highest BCUT2D eigenvalue weighted by atomic mass is 32.2. The monoisotopic (exact) mass is 282 g/mol. The van der Waals surface area contributed by atoms with Crippen molar-refractivity contribution in [3.63, 3.8) is 0 Å². The van der Waals surface area contributed by atoms with Crippen LogP contribution in [0.15, 0.2) is 35.2 Å². The molecule has 0 aliphatic carbocycles. The van der Waals surface area contributed by atoms with Crippen molar-refractivity contribution in [3.8, 4) is 0 Å². The van der Waals surface area contributed by atoms with Crippen LogP contribution in [0.2, 0.25) is 0 Å². The van der Waals surface area contributed by atoms with E-state index < -0.39 is 0 Å². The summed E-state index contributed by atoms with van der Waals surface area (Å²) in [6, 6.07) is 9.66. The summed E-state index contributed by atoms with van der Waals surface area (Å²) in [6.45, 7) is 0. The van der Waals surface area contributed by atoms with Crippen molar-refractivity contribution >= 4 is 23.7 Å². The number of esters is 2. The van der Waals surface area contributed by atoms with Gasteiger partial charge in [-0.25, -0.2) is 0 Å². The predicted molar refractivity (Wildman–Crippen MR) is 74.0 cm³/mol. The zero-order valence-corrected chi connectivity index (χ0v) is 11.9. The Bertz CT molecular complexity index is 405. The molecule has 0 heterocycles. The second kappa shape index (κ2) is 8.58. The van der Waals surface area contributed by atoms with Crippen LogP contribution in [0.5, 0.6) is 0 Å². The minimum Gasteiger partial charge on any atom is -0.469 e. The van der Waals surface area contributed by atoms with Gasteiger partial charge in [-0.15, -0.1) is 11.8 Å². The minimum absolute atomic E-state index is 0.256. The van der Waals surface area contributed by atoms with Gasteiger partial charge in [-0.1, -0.05) is 18.2 Å². The molecule has 0 saturated carbocycles. The standard InChI is InChI=1S/C14H18O4S/c1-17-13(15)10-6-9-12(14(16)18-2)19-11-7-4-3-5-8-11/h3-5,7-8,12H,6,9-10H2,1-2H3/t12-/m0/s1. The van der Waals surface area contributed by atoms with Crippen LogP contribution >= 0.6 is 11.8 Å². The largest absolute Gasteiger partial charge is 0.469 e. The number of ether oxygens (including phenoxy) is 2. The third kappa shape index (κ3) is 5.79. The lowest BCUT2D eigenvalue weighted by atomic mass is 10.2. The Hall–Kier alpha value is -1.49. The minimum atomic E-state index is -0.294. The van der Waals surface area contributed by atoms with Gasteiger partial charge in [0.15, 0.2) is 0 Å². The molecule has 0 aliphatic rings. The first-order valence-corrected chi connectivity index (χ1v) is 6.91. The molecule has 1 aromatic rings. The molecule has 0 bridgehead atoms. The molecule has 0 amide bonds. The van der Waals surface area contributed by atoms with E-state index in [9.17, 15) is 9.59 Å². The van der Waals surface area contributed by atoms with Gasteiger partial charge in [0.2, 0.25) is 0 Å². The smallest absolute Gasteiger partial charge is 0.319 e. The lowest BCUT2D eigenvalue weighted by molar-refractivity contribution is -0.142. The maximum absolute atomic E-state index is 11.7. The Morgan fingerprint density at radius 1 is 1.16 bits per heavy atom. The molecular weight excluding hydrogens is 264 g/mol. The normalized spacial score (nSPS) is 11.7. The summed E-state index contributed by atoms with van der Waals surface area (Å²) in [4.78, 5) is 23.8. The van der Waals surface area contributed by atoms with Gasteiger partial charge >= 0.3 is 11.9 Å². The number of methoxy groups -OCH3 is 2. The molecule has 0 aromatic heterocycles. The van der Waals surface area contributed by atoms with Gasteiger partial charge < -0.3 is 9.47 Å². The predicted octanol–water partition coefficient (Wildman–Crippen LogP) is 2.66. The summed E-state index contributed by atoms with van der Waals surface area (Å²) in [5, 5.41) is -0.294. The molecule has 19 heavy (non-hydrogen) atoms. The van der Waals surface area contributed by atoms with E-state index in [-0.39, 0.29) is 17.2 Å². The van der Waals surface area contributed by atoms with Crippen LogP contribution in [-0.4, -0.2) is 31.4 Å². The summed E-state index contributed by atoms with van der Waals surface area (Å²) >= 11 is 1.45. The van der Waals surface area contributed by atoms with Crippen LogP contribution in [-0.2, 0) is 19.1 Å². The van der Waals surface area contributed by atoms with E-state index in [1.165, 1.54) is 26.0 Å². The summed E-state index contributed by atoms with van der Waals surface area (Å²) in [5.74, 6) is -0.521. The SMILES string of the molecule is COC(=O)CCC[C@H](Sc1ccccc1)C(=O)OC. The van der Waals surface area contributed by atoms with Crippen LogP contribution < -0.4 is 0 Å². The van der Waals surface area contributed by atoms with Gasteiger partial charge in [0.25, 0.3) is 0 Å². The molecule has 0 spiro atoms. The average molecular weight is 282 g/mol. The molecule has 4 nitrogen and oxygen atoms in total. The first-order chi connectivity index (χ1) is 9.17. The Morgan fingerprint density at radius 2 is 1.84 bits per heavy atom. The van der Waals surface area contributed by atoms with Crippen molar-refractivity contribution in [1.82, 2.24) is 0 Å². The Morgan fingerprint density at radius 3 is 2.42 bits per heavy atom. The highest BCUT2D eigenvalue weighted by Crippen LogP contribution is 2.27. The molecule has 0 saturated heterocycles. The van der Waals surface area contributed by atoms with E-state index in [1.807, 2.05) is 30.3 Å². The van der Waals surface area contributed by atoms with E-state index in [2.05, 4.69) is 4.74 Å². The lowest BCUT2D eigenvalue weighted by Crippen LogP contribution is -2.19. The molecule has 1 aromatic carbocycles. The van der Waals surface area contributed by atoms with E-state index in [4.69, 9.17) is 4.74 Å². The fourth-order valence-electron chi connectivity index (χ4n) is 1.55. The van der Waals surface area contributed by atoms with E-state index in [1.54, 1.807) is 0 Å². The van der Waals surface area contributed by atoms with Crippen LogP contribution in [0.4, 0.5) is 0 Å². The van der Waals surface area contributed by atoms with Gasteiger partial charge in [0.05, 0.1) is 14.2 Å². The van der Waals surface area contributed by atoms with Crippen LogP contribution in [0.25, 0.3) is 0 Å². The first kappa shape index (κ1) is 15.6. The van der Waals surface area contributed by atoms with Crippen molar-refractivity contribution in [1.29, 1.82) is 0 Å². The summed E-state index contributed by atoms with van der Waals surface area (Å²) in [5.41, 5.74) is 0. The molecule has 0 aliphatic heterocycles. The fraction of sp³-hybridized carbons (Fsp3) is 0.429. The van der Waals surface area contributed by atoms with E-state index >= 15 is 0 Å². The second-order valence-corrected chi connectivity index (χ2v) is 5.19. The quantitative estimate of drug-likeness (QED) is 0.568. The molecule has 1 rings (SSSR count). The second-order valence-electron chi connectivity index (χ2n) is 3.91. The zero-order valence-electron chi connectivity index (χ0n) is 11.1. The molecule has 0 radical (unpaired) electrons. The van der Waals surface area contributed by atoms with Crippen molar-refractivity contribution < 1.29 is 19.1 Å². The van der Waals surface area contributed by atoms with Crippen molar-refractivity contribution in [3.05, 3.63) is 30.3 Å². The summed E-state index contributed by atoms with van der Waals surface area (Å²) in [7, 11) is 2.74. The third-order valence-electron chi connectivity index (χ3n) is 2.56. The van der Waals surface area contributed by atoms with Crippen molar-refractivity contribution in [2.45, 2.75) is 29.4 Å². The molecular formula is C14H18O4S. The van der Waals surface area contributed by atoms with E-state index in [0.29, 0.717) is 19.3 Å². The molecule has 104 valence electrons. The van der Waals surface area contributed by atoms with E-state index in [0.717, 1.165) is 4.90 Å². The topological polar surface area (TPSA) is 52.6 Å². The maximum Gasteiger partial charge on any atom is 0.319 e. The highest BCUT2D eigenvalue weighted by Gasteiger charge is 2.20. The number of thioether (sulfide) groups is 1. The Balaban J connectivity index is 2.53. The average Bonchev–Trinajstić information content (AvgIpc) is 2.46. The van der Waals surface area contributed by atoms with Gasteiger partial charge in [-0.05, 0) is 25.0 Å². The van der Waals surface area contributed by atoms with Gasteiger partial charge in [-0.2, -0.15) is 0 Å². The molecule has 1 atom stereocenters. The summed E-state index contributed by atoms with van der Waals surface area (Å²) < 4.78 is 9.37. The summed E-state index contributed by atoms with van der Waals surface area (Å²) in [6.07, 6.45) is 1.51. The van der Waals surface area contributed by atoms with Gasteiger partial charge in [0, 0.05) is 11.3 Å². The third-order valence-corrected chi connectivity index (χ3v) is 3.82. The number of hydrogen-bond acceptors (Lipinski definition) is 5. The number of hydrogen-bond donors (Lipinski definition) is 0. The zero-order chi connectivity index (χ0) is 14.1. The number of rotatable bonds is 7. The number of carbonyl (C=O) groups is 2. The molecule has 5 heteroatoms. The van der Waals surface area contributed by atoms with Crippen LogP contribution in [0.1, 0.15) is 19.3 Å². The highest BCUT2D eigenvalue weighted by molar-refractivity contribution is 8.00. The Kier molecular flexibility index (Phi) is 7.03. The maximum atomic E-state index is 11.7. The van der Waals surface area contributed by atoms with Crippen molar-refractivity contribution in [2.75, 3.05) is 14.2 Å². The molecule has 0 fully saturated rings. The lowest BCUT2D eigenvalue weighted by Gasteiger charge is -2.13. The fourth-order valence-corrected chi connectivity index (χ4v) is 2.67.